The first-order valence-corrected chi connectivity index (χ1v) is 9.77. The van der Waals surface area contributed by atoms with Gasteiger partial charge in [-0.2, -0.15) is 5.10 Å². The van der Waals surface area contributed by atoms with Gasteiger partial charge in [-0.1, -0.05) is 48.9 Å². The van der Waals surface area contributed by atoms with Crippen molar-refractivity contribution >= 4 is 29.9 Å². The van der Waals surface area contributed by atoms with E-state index >= 15 is 0 Å². The molecule has 4 rings (SSSR count). The third-order valence-corrected chi connectivity index (χ3v) is 5.67. The molecule has 1 unspecified atom stereocenters. The molecule has 0 radical (unpaired) electrons. The van der Waals surface area contributed by atoms with Gasteiger partial charge in [-0.3, -0.25) is 4.79 Å². The SMILES string of the molecule is CC1(CN)CCN(C(=O)c2cn(-c3ccccc3)nc2-c2ccc(Cl)cc2)C1.Cl. The Hall–Kier alpha value is -2.34. The molecule has 0 spiro atoms. The lowest BCUT2D eigenvalue weighted by Crippen LogP contribution is -2.34. The monoisotopic (exact) mass is 430 g/mol. The van der Waals surface area contributed by atoms with Gasteiger partial charge in [0.2, 0.25) is 0 Å². The molecule has 29 heavy (non-hydrogen) atoms. The molecule has 3 aromatic rings. The molecular formula is C22H24Cl2N4O. The van der Waals surface area contributed by atoms with Crippen LogP contribution in [-0.4, -0.2) is 40.2 Å². The predicted octanol–water partition coefficient (Wildman–Crippen LogP) is 4.43. The van der Waals surface area contributed by atoms with Crippen molar-refractivity contribution in [2.75, 3.05) is 19.6 Å². The van der Waals surface area contributed by atoms with E-state index < -0.39 is 0 Å². The number of nitrogens with two attached hydrogens (primary N) is 1. The third-order valence-electron chi connectivity index (χ3n) is 5.42. The molecule has 1 amide bonds. The van der Waals surface area contributed by atoms with Gasteiger partial charge in [0.1, 0.15) is 5.69 Å². The molecule has 5 nitrogen and oxygen atoms in total. The highest BCUT2D eigenvalue weighted by Crippen LogP contribution is 2.32. The first-order chi connectivity index (χ1) is 13.5. The summed E-state index contributed by atoms with van der Waals surface area (Å²) in [4.78, 5) is 15.2. The molecule has 1 atom stereocenters. The van der Waals surface area contributed by atoms with E-state index in [0.717, 1.165) is 17.7 Å². The fourth-order valence-electron chi connectivity index (χ4n) is 3.60. The maximum absolute atomic E-state index is 13.4. The number of amides is 1. The third kappa shape index (κ3) is 4.32. The summed E-state index contributed by atoms with van der Waals surface area (Å²) in [6.07, 6.45) is 2.73. The second kappa shape index (κ2) is 8.57. The molecule has 1 aliphatic heterocycles. The summed E-state index contributed by atoms with van der Waals surface area (Å²) in [7, 11) is 0. The number of rotatable bonds is 4. The molecule has 152 valence electrons. The van der Waals surface area contributed by atoms with Gasteiger partial charge in [0.05, 0.1) is 11.3 Å². The number of para-hydroxylation sites is 1. The molecule has 7 heteroatoms. The second-order valence-electron chi connectivity index (χ2n) is 7.67. The van der Waals surface area contributed by atoms with Gasteiger partial charge in [0, 0.05) is 29.9 Å². The number of hydrogen-bond donors (Lipinski definition) is 1. The number of hydrogen-bond acceptors (Lipinski definition) is 3. The topological polar surface area (TPSA) is 64.2 Å². The average Bonchev–Trinajstić information content (AvgIpc) is 3.34. The van der Waals surface area contributed by atoms with Gasteiger partial charge >= 0.3 is 0 Å². The van der Waals surface area contributed by atoms with E-state index in [0.29, 0.717) is 35.9 Å². The van der Waals surface area contributed by atoms with Crippen LogP contribution in [0.5, 0.6) is 0 Å². The van der Waals surface area contributed by atoms with Crippen molar-refractivity contribution in [2.45, 2.75) is 13.3 Å². The molecule has 0 bridgehead atoms. The van der Waals surface area contributed by atoms with Crippen LogP contribution in [0.2, 0.25) is 5.02 Å². The van der Waals surface area contributed by atoms with Gasteiger partial charge in [-0.15, -0.1) is 12.4 Å². The Kier molecular flexibility index (Phi) is 6.32. The van der Waals surface area contributed by atoms with Crippen molar-refractivity contribution in [3.8, 4) is 16.9 Å². The summed E-state index contributed by atoms with van der Waals surface area (Å²) in [6, 6.07) is 17.2. The van der Waals surface area contributed by atoms with Crippen LogP contribution < -0.4 is 5.73 Å². The first-order valence-electron chi connectivity index (χ1n) is 9.39. The largest absolute Gasteiger partial charge is 0.338 e. The second-order valence-corrected chi connectivity index (χ2v) is 8.11. The van der Waals surface area contributed by atoms with Gasteiger partial charge in [0.15, 0.2) is 0 Å². The highest BCUT2D eigenvalue weighted by Gasteiger charge is 2.36. The molecule has 1 fully saturated rings. The molecule has 2 heterocycles. The molecular weight excluding hydrogens is 407 g/mol. The zero-order valence-corrected chi connectivity index (χ0v) is 17.8. The van der Waals surface area contributed by atoms with Crippen LogP contribution in [0.1, 0.15) is 23.7 Å². The molecule has 1 aliphatic rings. The normalized spacial score (nSPS) is 18.5. The van der Waals surface area contributed by atoms with Crippen LogP contribution in [-0.2, 0) is 0 Å². The van der Waals surface area contributed by atoms with Crippen molar-refractivity contribution < 1.29 is 4.79 Å². The lowest BCUT2D eigenvalue weighted by Gasteiger charge is -2.22. The van der Waals surface area contributed by atoms with Crippen molar-refractivity contribution in [3.63, 3.8) is 0 Å². The Morgan fingerprint density at radius 2 is 1.86 bits per heavy atom. The van der Waals surface area contributed by atoms with Gasteiger partial charge < -0.3 is 10.6 Å². The van der Waals surface area contributed by atoms with Crippen LogP contribution in [0.3, 0.4) is 0 Å². The number of carbonyl (C=O) groups excluding carboxylic acids is 1. The zero-order valence-electron chi connectivity index (χ0n) is 16.2. The minimum Gasteiger partial charge on any atom is -0.338 e. The van der Waals surface area contributed by atoms with E-state index in [9.17, 15) is 4.79 Å². The summed E-state index contributed by atoms with van der Waals surface area (Å²) in [5.74, 6) is -0.00990. The molecule has 1 aromatic heterocycles. The van der Waals surface area contributed by atoms with E-state index in [-0.39, 0.29) is 23.7 Å². The molecule has 1 saturated heterocycles. The van der Waals surface area contributed by atoms with Crippen LogP contribution in [0.25, 0.3) is 16.9 Å². The Bertz CT molecular complexity index is 988. The van der Waals surface area contributed by atoms with E-state index in [2.05, 4.69) is 6.92 Å². The number of likely N-dealkylation sites (tertiary alicyclic amines) is 1. The average molecular weight is 431 g/mol. The number of aromatic nitrogens is 2. The standard InChI is InChI=1S/C22H23ClN4O.ClH/c1-22(14-24)11-12-26(15-22)21(28)19-13-27(18-5-3-2-4-6-18)25-20(19)16-7-9-17(23)10-8-16;/h2-10,13H,11-12,14-15,24H2,1H3;1H. The zero-order chi connectivity index (χ0) is 19.7. The van der Waals surface area contributed by atoms with E-state index in [1.165, 1.54) is 0 Å². The molecule has 0 aliphatic carbocycles. The number of nitrogens with zero attached hydrogens (tertiary/aromatic N) is 3. The first kappa shape index (κ1) is 21.4. The predicted molar refractivity (Wildman–Crippen MR) is 119 cm³/mol. The summed E-state index contributed by atoms with van der Waals surface area (Å²) in [5.41, 5.74) is 8.92. The molecule has 2 N–H and O–H groups in total. The molecule has 0 saturated carbocycles. The van der Waals surface area contributed by atoms with Gasteiger partial charge in [0.25, 0.3) is 5.91 Å². The Balaban J connectivity index is 0.00000240. The highest BCUT2D eigenvalue weighted by molar-refractivity contribution is 6.30. The number of carbonyl (C=O) groups is 1. The number of halogens is 2. The van der Waals surface area contributed by atoms with Crippen LogP contribution >= 0.6 is 24.0 Å². The van der Waals surface area contributed by atoms with Crippen LogP contribution in [0, 0.1) is 5.41 Å². The van der Waals surface area contributed by atoms with Crippen LogP contribution in [0.4, 0.5) is 0 Å². The minimum absolute atomic E-state index is 0. The van der Waals surface area contributed by atoms with Crippen molar-refractivity contribution in [2.24, 2.45) is 11.1 Å². The van der Waals surface area contributed by atoms with Gasteiger partial charge in [-0.25, -0.2) is 4.68 Å². The highest BCUT2D eigenvalue weighted by atomic mass is 35.5. The summed E-state index contributed by atoms with van der Waals surface area (Å²) in [5, 5.41) is 5.38. The summed E-state index contributed by atoms with van der Waals surface area (Å²) < 4.78 is 1.76. The Morgan fingerprint density at radius 1 is 1.17 bits per heavy atom. The Labute approximate surface area is 181 Å². The lowest BCUT2D eigenvalue weighted by atomic mass is 9.90. The lowest BCUT2D eigenvalue weighted by molar-refractivity contribution is 0.0777. The van der Waals surface area contributed by atoms with Crippen molar-refractivity contribution in [1.82, 2.24) is 14.7 Å². The fraction of sp³-hybridized carbons (Fsp3) is 0.273. The van der Waals surface area contributed by atoms with Crippen molar-refractivity contribution in [3.05, 3.63) is 71.4 Å². The van der Waals surface area contributed by atoms with E-state index in [1.54, 1.807) is 4.68 Å². The van der Waals surface area contributed by atoms with E-state index in [1.807, 2.05) is 65.7 Å². The van der Waals surface area contributed by atoms with Crippen molar-refractivity contribution in [1.29, 1.82) is 0 Å². The minimum atomic E-state index is -0.0223. The van der Waals surface area contributed by atoms with E-state index in [4.69, 9.17) is 22.4 Å². The number of benzene rings is 2. The summed E-state index contributed by atoms with van der Waals surface area (Å²) >= 11 is 6.04. The quantitative estimate of drug-likeness (QED) is 0.665. The fourth-order valence-corrected chi connectivity index (χ4v) is 3.72. The summed E-state index contributed by atoms with van der Waals surface area (Å²) in [6.45, 7) is 4.08. The molecule has 2 aromatic carbocycles. The maximum Gasteiger partial charge on any atom is 0.257 e. The Morgan fingerprint density at radius 3 is 2.48 bits per heavy atom. The smallest absolute Gasteiger partial charge is 0.257 e. The maximum atomic E-state index is 13.4. The van der Waals surface area contributed by atoms with Gasteiger partial charge in [-0.05, 0) is 42.6 Å². The van der Waals surface area contributed by atoms with Crippen LogP contribution in [0.15, 0.2) is 60.8 Å².